The molecule has 11 nitrogen and oxygen atoms in total. The van der Waals surface area contributed by atoms with Crippen LogP contribution in [0.25, 0.3) is 0 Å². The maximum atomic E-state index is 13.9. The molecule has 1 unspecified atom stereocenters. The zero-order chi connectivity index (χ0) is 31.8. The van der Waals surface area contributed by atoms with Crippen LogP contribution < -0.4 is 10.6 Å². The highest BCUT2D eigenvalue weighted by atomic mass is 19.1. The Hall–Kier alpha value is -3.87. The third-order valence-electron chi connectivity index (χ3n) is 8.00. The zero-order valence-electron chi connectivity index (χ0n) is 25.4. The number of aryl methyl sites for hydroxylation is 1. The van der Waals surface area contributed by atoms with Crippen LogP contribution in [0.3, 0.4) is 0 Å². The van der Waals surface area contributed by atoms with Gasteiger partial charge < -0.3 is 25.5 Å². The third-order valence-corrected chi connectivity index (χ3v) is 8.00. The van der Waals surface area contributed by atoms with E-state index in [1.54, 1.807) is 0 Å². The first-order chi connectivity index (χ1) is 21.0. The molecule has 240 valence electrons. The molecule has 4 rings (SSSR count). The Balaban J connectivity index is 1.62. The van der Waals surface area contributed by atoms with E-state index in [9.17, 15) is 33.1 Å². The van der Waals surface area contributed by atoms with Crippen LogP contribution in [0, 0.1) is 17.6 Å². The van der Waals surface area contributed by atoms with E-state index < -0.39 is 23.4 Å². The summed E-state index contributed by atoms with van der Waals surface area (Å²) in [5.74, 6) is -3.04. The SMILES string of the molecule is CC(C)CCn1nc2c3c1CCC(C3)NC(=O)CN(CCCO)C(=O)CCCN(C(=O)c1cc(F)cc(F)c1)CCNC2=O. The lowest BCUT2D eigenvalue weighted by molar-refractivity contribution is -0.136. The molecule has 2 bridgehead atoms. The number of hydrogen-bond donors (Lipinski definition) is 3. The number of carbonyl (C=O) groups is 4. The summed E-state index contributed by atoms with van der Waals surface area (Å²) in [7, 11) is 0. The number of amides is 4. The van der Waals surface area contributed by atoms with Gasteiger partial charge in [0.25, 0.3) is 11.8 Å². The van der Waals surface area contributed by atoms with Gasteiger partial charge in [0.2, 0.25) is 11.8 Å². The Bertz CT molecular complexity index is 1340. The van der Waals surface area contributed by atoms with Crippen molar-refractivity contribution in [3.63, 3.8) is 0 Å². The molecule has 44 heavy (non-hydrogen) atoms. The molecule has 0 saturated carbocycles. The lowest BCUT2D eigenvalue weighted by Gasteiger charge is -2.27. The summed E-state index contributed by atoms with van der Waals surface area (Å²) < 4.78 is 29.7. The van der Waals surface area contributed by atoms with Gasteiger partial charge in [-0.1, -0.05) is 13.8 Å². The van der Waals surface area contributed by atoms with Crippen molar-refractivity contribution < 1.29 is 33.1 Å². The molecule has 3 N–H and O–H groups in total. The van der Waals surface area contributed by atoms with Crippen molar-refractivity contribution in [2.75, 3.05) is 39.3 Å². The molecule has 0 spiro atoms. The fourth-order valence-corrected chi connectivity index (χ4v) is 5.70. The summed E-state index contributed by atoms with van der Waals surface area (Å²) in [4.78, 5) is 55.7. The molecular formula is C31H42F2N6O5. The van der Waals surface area contributed by atoms with Gasteiger partial charge in [0.1, 0.15) is 11.6 Å². The zero-order valence-corrected chi connectivity index (χ0v) is 25.4. The second-order valence-electron chi connectivity index (χ2n) is 11.9. The number of benzene rings is 1. The van der Waals surface area contributed by atoms with E-state index in [1.165, 1.54) is 9.80 Å². The van der Waals surface area contributed by atoms with E-state index in [-0.39, 0.29) is 81.3 Å². The molecular weight excluding hydrogens is 574 g/mol. The van der Waals surface area contributed by atoms with E-state index in [1.807, 2.05) is 4.68 Å². The predicted molar refractivity (Wildman–Crippen MR) is 158 cm³/mol. The maximum absolute atomic E-state index is 13.9. The molecule has 1 aliphatic carbocycles. The van der Waals surface area contributed by atoms with Gasteiger partial charge in [-0.15, -0.1) is 0 Å². The lowest BCUT2D eigenvalue weighted by atomic mass is 9.91. The molecule has 2 aromatic rings. The predicted octanol–water partition coefficient (Wildman–Crippen LogP) is 2.06. The Morgan fingerprint density at radius 2 is 1.84 bits per heavy atom. The van der Waals surface area contributed by atoms with Crippen LogP contribution in [-0.4, -0.2) is 93.7 Å². The average Bonchev–Trinajstić information content (AvgIpc) is 3.33. The van der Waals surface area contributed by atoms with Crippen molar-refractivity contribution in [2.45, 2.75) is 71.4 Å². The van der Waals surface area contributed by atoms with E-state index in [4.69, 9.17) is 0 Å². The van der Waals surface area contributed by atoms with Crippen LogP contribution in [-0.2, 0) is 29.0 Å². The minimum atomic E-state index is -0.892. The average molecular weight is 617 g/mol. The number of carbonyl (C=O) groups excluding carboxylic acids is 4. The van der Waals surface area contributed by atoms with Crippen molar-refractivity contribution >= 4 is 23.6 Å². The van der Waals surface area contributed by atoms with Gasteiger partial charge in [0, 0.05) is 74.7 Å². The number of aromatic nitrogens is 2. The number of halogens is 2. The minimum Gasteiger partial charge on any atom is -0.396 e. The molecule has 1 aliphatic heterocycles. The first kappa shape index (κ1) is 33.0. The van der Waals surface area contributed by atoms with Crippen LogP contribution in [0.4, 0.5) is 8.78 Å². The van der Waals surface area contributed by atoms with Gasteiger partial charge in [-0.3, -0.25) is 23.9 Å². The highest BCUT2D eigenvalue weighted by molar-refractivity contribution is 5.95. The van der Waals surface area contributed by atoms with E-state index >= 15 is 0 Å². The summed E-state index contributed by atoms with van der Waals surface area (Å²) in [6, 6.07) is 2.32. The molecule has 13 heteroatoms. The Labute approximate surface area is 256 Å². The Morgan fingerprint density at radius 3 is 2.55 bits per heavy atom. The monoisotopic (exact) mass is 616 g/mol. The highest BCUT2D eigenvalue weighted by Gasteiger charge is 2.31. The normalized spacial score (nSPS) is 18.7. The summed E-state index contributed by atoms with van der Waals surface area (Å²) in [5.41, 5.74) is 1.82. The first-order valence-electron chi connectivity index (χ1n) is 15.4. The Kier molecular flexibility index (Phi) is 11.4. The van der Waals surface area contributed by atoms with Crippen molar-refractivity contribution in [3.8, 4) is 0 Å². The number of fused-ring (bicyclic) bond motifs is 1. The summed E-state index contributed by atoms with van der Waals surface area (Å²) in [6.07, 6.45) is 3.09. The fraction of sp³-hybridized carbons (Fsp3) is 0.581. The molecule has 0 fully saturated rings. The standard InChI is InChI=1S/C31H42F2N6O5/c1-20(2)8-12-39-26-7-6-24-18-25(26)29(36-39)30(43)34-9-13-37(31(44)21-15-22(32)17-23(33)16-21)10-3-5-28(42)38(11-4-14-40)19-27(41)35-24/h15-17,20,24,40H,3-14,18-19H2,1-2H3,(H,34,43)(H,35,41). The van der Waals surface area contributed by atoms with E-state index in [0.717, 1.165) is 29.8 Å². The number of hydrogen-bond acceptors (Lipinski definition) is 6. The van der Waals surface area contributed by atoms with Gasteiger partial charge in [-0.25, -0.2) is 8.78 Å². The van der Waals surface area contributed by atoms with Gasteiger partial charge in [-0.2, -0.15) is 5.10 Å². The van der Waals surface area contributed by atoms with Crippen LogP contribution in [0.2, 0.25) is 0 Å². The largest absolute Gasteiger partial charge is 0.396 e. The first-order valence-corrected chi connectivity index (χ1v) is 15.4. The van der Waals surface area contributed by atoms with Crippen molar-refractivity contribution in [2.24, 2.45) is 5.92 Å². The maximum Gasteiger partial charge on any atom is 0.272 e. The van der Waals surface area contributed by atoms with Gasteiger partial charge in [0.15, 0.2) is 5.69 Å². The molecule has 1 atom stereocenters. The Morgan fingerprint density at radius 1 is 1.09 bits per heavy atom. The smallest absolute Gasteiger partial charge is 0.272 e. The lowest BCUT2D eigenvalue weighted by Crippen LogP contribution is -2.46. The second kappa shape index (κ2) is 15.2. The number of nitrogens with zero attached hydrogens (tertiary/aromatic N) is 4. The molecule has 4 amide bonds. The fourth-order valence-electron chi connectivity index (χ4n) is 5.70. The molecule has 2 heterocycles. The molecule has 1 aromatic carbocycles. The van der Waals surface area contributed by atoms with E-state index in [0.29, 0.717) is 44.2 Å². The number of aliphatic hydroxyl groups is 1. The number of rotatable bonds is 7. The van der Waals surface area contributed by atoms with Crippen molar-refractivity contribution in [3.05, 3.63) is 52.3 Å². The van der Waals surface area contributed by atoms with Gasteiger partial charge in [-0.05, 0) is 56.6 Å². The topological polar surface area (TPSA) is 137 Å². The van der Waals surface area contributed by atoms with Crippen LogP contribution >= 0.6 is 0 Å². The molecule has 1 aromatic heterocycles. The molecule has 2 aliphatic rings. The van der Waals surface area contributed by atoms with E-state index in [2.05, 4.69) is 29.6 Å². The van der Waals surface area contributed by atoms with Crippen molar-refractivity contribution in [1.82, 2.24) is 30.2 Å². The quantitative estimate of drug-likeness (QED) is 0.436. The number of aliphatic hydroxyl groups excluding tert-OH is 1. The molecule has 0 radical (unpaired) electrons. The molecule has 0 saturated heterocycles. The van der Waals surface area contributed by atoms with Crippen molar-refractivity contribution in [1.29, 1.82) is 0 Å². The minimum absolute atomic E-state index is 0.00898. The van der Waals surface area contributed by atoms with Gasteiger partial charge >= 0.3 is 0 Å². The summed E-state index contributed by atoms with van der Waals surface area (Å²) in [5, 5.41) is 19.9. The third kappa shape index (κ3) is 8.61. The van der Waals surface area contributed by atoms with Gasteiger partial charge in [0.05, 0.1) is 6.54 Å². The van der Waals surface area contributed by atoms with Crippen LogP contribution in [0.5, 0.6) is 0 Å². The summed E-state index contributed by atoms with van der Waals surface area (Å²) >= 11 is 0. The van der Waals surface area contributed by atoms with Crippen LogP contribution in [0.1, 0.15) is 78.1 Å². The summed E-state index contributed by atoms with van der Waals surface area (Å²) in [6.45, 7) is 4.89. The highest BCUT2D eigenvalue weighted by Crippen LogP contribution is 2.26. The second-order valence-corrected chi connectivity index (χ2v) is 11.9. The number of nitrogens with one attached hydrogen (secondary N) is 2. The van der Waals surface area contributed by atoms with Crippen LogP contribution in [0.15, 0.2) is 18.2 Å².